The Kier molecular flexibility index (Phi) is 4.54. The van der Waals surface area contributed by atoms with Crippen LogP contribution in [0.4, 0.5) is 0 Å². The molecule has 1 heterocycles. The van der Waals surface area contributed by atoms with Gasteiger partial charge in [-0.15, -0.1) is 0 Å². The van der Waals surface area contributed by atoms with Crippen molar-refractivity contribution in [2.45, 2.75) is 48.9 Å². The molecule has 1 atom stereocenters. The second-order valence-corrected chi connectivity index (χ2v) is 8.59. The van der Waals surface area contributed by atoms with E-state index in [2.05, 4.69) is 4.72 Å². The topological polar surface area (TPSA) is 64.6 Å². The number of sulfonamides is 1. The van der Waals surface area contributed by atoms with Crippen molar-refractivity contribution in [1.29, 1.82) is 0 Å². The average molecular weight is 361 g/mol. The van der Waals surface area contributed by atoms with Gasteiger partial charge in [-0.1, -0.05) is 42.8 Å². The van der Waals surface area contributed by atoms with Gasteiger partial charge in [0.05, 0.1) is 17.6 Å². The van der Waals surface area contributed by atoms with Crippen LogP contribution in [0.3, 0.4) is 0 Å². The fraction of sp³-hybridized carbons (Fsp3) is 0.474. The molecular weight excluding hydrogens is 338 g/mol. The lowest BCUT2D eigenvalue weighted by atomic mass is 9.94. The molecule has 134 valence electrons. The zero-order valence-electron chi connectivity index (χ0n) is 14.1. The van der Waals surface area contributed by atoms with Gasteiger partial charge in [0, 0.05) is 24.8 Å². The summed E-state index contributed by atoms with van der Waals surface area (Å²) in [6.07, 6.45) is 5.00. The van der Waals surface area contributed by atoms with Gasteiger partial charge in [-0.3, -0.25) is 0 Å². The van der Waals surface area contributed by atoms with Crippen molar-refractivity contribution in [3.63, 3.8) is 0 Å². The molecule has 2 aromatic rings. The van der Waals surface area contributed by atoms with E-state index in [0.717, 1.165) is 36.5 Å². The zero-order chi connectivity index (χ0) is 17.3. The zero-order valence-corrected chi connectivity index (χ0v) is 14.9. The predicted octanol–water partition coefficient (Wildman–Crippen LogP) is 3.19. The molecule has 1 spiro atoms. The quantitative estimate of drug-likeness (QED) is 0.908. The minimum absolute atomic E-state index is 0.229. The normalized spacial score (nSPS) is 23.3. The van der Waals surface area contributed by atoms with Gasteiger partial charge in [0.15, 0.2) is 5.79 Å². The number of hydrogen-bond donors (Lipinski definition) is 1. The van der Waals surface area contributed by atoms with Crippen molar-refractivity contribution in [3.05, 3.63) is 42.5 Å². The van der Waals surface area contributed by atoms with Crippen LogP contribution in [0.1, 0.15) is 32.1 Å². The van der Waals surface area contributed by atoms with Crippen LogP contribution in [0.25, 0.3) is 10.8 Å². The second kappa shape index (κ2) is 6.68. The molecule has 0 bridgehead atoms. The monoisotopic (exact) mass is 361 g/mol. The SMILES string of the molecule is O=S(=O)(NC[C@@H]1COC2(CCCCC2)O1)c1cccc2ccccc12. The molecule has 0 amide bonds. The van der Waals surface area contributed by atoms with E-state index in [1.54, 1.807) is 12.1 Å². The van der Waals surface area contributed by atoms with Crippen LogP contribution in [-0.4, -0.2) is 33.5 Å². The molecule has 0 unspecified atom stereocenters. The molecule has 25 heavy (non-hydrogen) atoms. The van der Waals surface area contributed by atoms with E-state index in [-0.39, 0.29) is 12.6 Å². The molecule has 0 aromatic heterocycles. The van der Waals surface area contributed by atoms with Gasteiger partial charge in [-0.05, 0) is 24.3 Å². The molecule has 1 aliphatic carbocycles. The van der Waals surface area contributed by atoms with E-state index in [0.29, 0.717) is 11.5 Å². The lowest BCUT2D eigenvalue weighted by Gasteiger charge is -2.31. The Balaban J connectivity index is 1.47. The summed E-state index contributed by atoms with van der Waals surface area (Å²) >= 11 is 0. The molecule has 2 aromatic carbocycles. The highest BCUT2D eigenvalue weighted by Crippen LogP contribution is 2.37. The molecule has 1 saturated carbocycles. The lowest BCUT2D eigenvalue weighted by molar-refractivity contribution is -0.186. The number of nitrogens with one attached hydrogen (secondary N) is 1. The van der Waals surface area contributed by atoms with Gasteiger partial charge < -0.3 is 9.47 Å². The van der Waals surface area contributed by atoms with Crippen LogP contribution in [0.5, 0.6) is 0 Å². The van der Waals surface area contributed by atoms with E-state index in [1.807, 2.05) is 30.3 Å². The third kappa shape index (κ3) is 3.44. The van der Waals surface area contributed by atoms with Crippen molar-refractivity contribution in [1.82, 2.24) is 4.72 Å². The van der Waals surface area contributed by atoms with Crippen molar-refractivity contribution >= 4 is 20.8 Å². The van der Waals surface area contributed by atoms with Gasteiger partial charge in [0.1, 0.15) is 0 Å². The second-order valence-electron chi connectivity index (χ2n) is 6.85. The molecule has 1 aliphatic heterocycles. The fourth-order valence-electron chi connectivity index (χ4n) is 3.78. The summed E-state index contributed by atoms with van der Waals surface area (Å²) < 4.78 is 40.2. The first-order valence-corrected chi connectivity index (χ1v) is 10.4. The van der Waals surface area contributed by atoms with Crippen LogP contribution in [0.15, 0.2) is 47.4 Å². The summed E-state index contributed by atoms with van der Waals surface area (Å²) in [4.78, 5) is 0.303. The number of ether oxygens (including phenoxy) is 2. The Bertz CT molecular complexity index is 853. The highest BCUT2D eigenvalue weighted by atomic mass is 32.2. The van der Waals surface area contributed by atoms with Gasteiger partial charge in [0.2, 0.25) is 10.0 Å². The molecule has 0 radical (unpaired) electrons. The first-order valence-electron chi connectivity index (χ1n) is 8.87. The fourth-order valence-corrected chi connectivity index (χ4v) is 5.07. The van der Waals surface area contributed by atoms with Crippen LogP contribution in [-0.2, 0) is 19.5 Å². The molecule has 1 saturated heterocycles. The van der Waals surface area contributed by atoms with Crippen molar-refractivity contribution in [2.75, 3.05) is 13.2 Å². The number of rotatable bonds is 4. The molecule has 1 N–H and O–H groups in total. The third-order valence-corrected chi connectivity index (χ3v) is 6.55. The third-order valence-electron chi connectivity index (χ3n) is 5.07. The maximum absolute atomic E-state index is 12.8. The number of fused-ring (bicyclic) bond motifs is 1. The van der Waals surface area contributed by atoms with Crippen molar-refractivity contribution in [3.8, 4) is 0 Å². The van der Waals surface area contributed by atoms with Crippen LogP contribution in [0.2, 0.25) is 0 Å². The summed E-state index contributed by atoms with van der Waals surface area (Å²) in [7, 11) is -3.60. The van der Waals surface area contributed by atoms with E-state index in [9.17, 15) is 8.42 Å². The first-order chi connectivity index (χ1) is 12.1. The largest absolute Gasteiger partial charge is 0.347 e. The number of hydrogen-bond acceptors (Lipinski definition) is 4. The summed E-state index contributed by atoms with van der Waals surface area (Å²) in [5, 5.41) is 1.64. The summed E-state index contributed by atoms with van der Waals surface area (Å²) in [6.45, 7) is 0.672. The molecule has 5 nitrogen and oxygen atoms in total. The van der Waals surface area contributed by atoms with Crippen molar-refractivity contribution < 1.29 is 17.9 Å². The Labute approximate surface area is 148 Å². The summed E-state index contributed by atoms with van der Waals surface area (Å²) in [5.74, 6) is -0.478. The molecule has 2 fully saturated rings. The average Bonchev–Trinajstić information content (AvgIpc) is 3.02. The van der Waals surface area contributed by atoms with Gasteiger partial charge in [-0.2, -0.15) is 0 Å². The maximum atomic E-state index is 12.8. The Morgan fingerprint density at radius 3 is 2.64 bits per heavy atom. The smallest absolute Gasteiger partial charge is 0.241 e. The van der Waals surface area contributed by atoms with Crippen LogP contribution < -0.4 is 4.72 Å². The van der Waals surface area contributed by atoms with E-state index in [4.69, 9.17) is 9.47 Å². The Hall–Kier alpha value is -1.47. The number of benzene rings is 2. The van der Waals surface area contributed by atoms with E-state index < -0.39 is 15.8 Å². The van der Waals surface area contributed by atoms with Gasteiger partial charge >= 0.3 is 0 Å². The lowest BCUT2D eigenvalue weighted by Crippen LogP contribution is -2.37. The Morgan fingerprint density at radius 2 is 1.80 bits per heavy atom. The predicted molar refractivity (Wildman–Crippen MR) is 95.8 cm³/mol. The van der Waals surface area contributed by atoms with Gasteiger partial charge in [0.25, 0.3) is 0 Å². The molecular formula is C19H23NO4S. The van der Waals surface area contributed by atoms with Crippen molar-refractivity contribution in [2.24, 2.45) is 0 Å². The minimum Gasteiger partial charge on any atom is -0.347 e. The summed E-state index contributed by atoms with van der Waals surface area (Å²) in [6, 6.07) is 12.8. The van der Waals surface area contributed by atoms with Crippen LogP contribution >= 0.6 is 0 Å². The highest BCUT2D eigenvalue weighted by Gasteiger charge is 2.42. The molecule has 4 rings (SSSR count). The van der Waals surface area contributed by atoms with Crippen LogP contribution in [0, 0.1) is 0 Å². The molecule has 2 aliphatic rings. The Morgan fingerprint density at radius 1 is 1.04 bits per heavy atom. The van der Waals surface area contributed by atoms with E-state index >= 15 is 0 Å². The first kappa shape index (κ1) is 17.0. The minimum atomic E-state index is -3.60. The summed E-state index contributed by atoms with van der Waals surface area (Å²) in [5.41, 5.74) is 0. The van der Waals surface area contributed by atoms with Gasteiger partial charge in [-0.25, -0.2) is 13.1 Å². The molecule has 6 heteroatoms. The van der Waals surface area contributed by atoms with E-state index in [1.165, 1.54) is 6.42 Å². The maximum Gasteiger partial charge on any atom is 0.241 e. The standard InChI is InChI=1S/C19H23NO4S/c21-25(22,18-10-6-8-15-7-2-3-9-17(15)18)20-13-16-14-23-19(24-16)11-4-1-5-12-19/h2-3,6-10,16,20H,1,4-5,11-14H2/t16-/m1/s1. The highest BCUT2D eigenvalue weighted by molar-refractivity contribution is 7.89.